The van der Waals surface area contributed by atoms with Gasteiger partial charge in [-0.1, -0.05) is 0 Å². The monoisotopic (exact) mass is 268 g/mol. The Bertz CT molecular complexity index is 459. The molecule has 2 rings (SSSR count). The Kier molecular flexibility index (Phi) is 4.19. The first-order valence-electron chi connectivity index (χ1n) is 5.91. The number of ether oxygens (including phenoxy) is 1. The molecule has 1 aliphatic rings. The van der Waals surface area contributed by atoms with Crippen molar-refractivity contribution in [1.29, 1.82) is 0 Å². The Morgan fingerprint density at radius 1 is 1.50 bits per heavy atom. The number of rotatable bonds is 4. The smallest absolute Gasteiger partial charge is 0.340 e. The van der Waals surface area contributed by atoms with Crippen LogP contribution in [0.1, 0.15) is 34.7 Å². The third-order valence-electron chi connectivity index (χ3n) is 2.81. The first-order chi connectivity index (χ1) is 8.58. The number of carboxylic acid groups (broad SMARTS) is 1. The van der Waals surface area contributed by atoms with Gasteiger partial charge in [-0.25, -0.2) is 14.8 Å². The van der Waals surface area contributed by atoms with Gasteiger partial charge in [-0.3, -0.25) is 0 Å². The van der Waals surface area contributed by atoms with E-state index in [1.807, 2.05) is 0 Å². The molecule has 0 aliphatic carbocycles. The predicted molar refractivity (Wildman–Crippen MR) is 68.2 cm³/mol. The largest absolute Gasteiger partial charge is 0.478 e. The summed E-state index contributed by atoms with van der Waals surface area (Å²) in [5, 5.41) is 9.75. The second-order valence-corrected chi connectivity index (χ2v) is 5.30. The lowest BCUT2D eigenvalue weighted by Gasteiger charge is -2.11. The highest BCUT2D eigenvalue weighted by molar-refractivity contribution is 7.99. The maximum atomic E-state index is 11.2. The number of carboxylic acids is 1. The Hall–Kier alpha value is -1.14. The van der Waals surface area contributed by atoms with Crippen LogP contribution in [-0.2, 0) is 4.74 Å². The summed E-state index contributed by atoms with van der Waals surface area (Å²) in [5.41, 5.74) is 0.730. The van der Waals surface area contributed by atoms with Crippen molar-refractivity contribution in [2.24, 2.45) is 0 Å². The molecule has 1 N–H and O–H groups in total. The van der Waals surface area contributed by atoms with Gasteiger partial charge in [-0.15, -0.1) is 11.8 Å². The molecule has 0 aromatic carbocycles. The zero-order valence-electron chi connectivity index (χ0n) is 10.5. The van der Waals surface area contributed by atoms with E-state index >= 15 is 0 Å². The molecule has 18 heavy (non-hydrogen) atoms. The lowest BCUT2D eigenvalue weighted by molar-refractivity contribution is 0.0690. The fraction of sp³-hybridized carbons (Fsp3) is 0.583. The van der Waals surface area contributed by atoms with Gasteiger partial charge >= 0.3 is 5.97 Å². The van der Waals surface area contributed by atoms with Gasteiger partial charge in [0.2, 0.25) is 0 Å². The summed E-state index contributed by atoms with van der Waals surface area (Å²) in [4.78, 5) is 19.6. The molecule has 1 fully saturated rings. The zero-order valence-corrected chi connectivity index (χ0v) is 11.3. The summed E-state index contributed by atoms with van der Waals surface area (Å²) >= 11 is 1.44. The molecule has 1 aliphatic heterocycles. The van der Waals surface area contributed by atoms with E-state index in [2.05, 4.69) is 9.97 Å². The summed E-state index contributed by atoms with van der Waals surface area (Å²) in [6, 6.07) is 0. The second kappa shape index (κ2) is 5.67. The van der Waals surface area contributed by atoms with Crippen LogP contribution in [0.25, 0.3) is 0 Å². The quantitative estimate of drug-likeness (QED) is 0.665. The predicted octanol–water partition coefficient (Wildman–Crippen LogP) is 2.06. The number of hydrogen-bond donors (Lipinski definition) is 1. The number of thioether (sulfide) groups is 1. The highest BCUT2D eigenvalue weighted by Crippen LogP contribution is 2.26. The SMILES string of the molecule is Cc1nc(C)c(C(=O)O)c(SCC2CCCO2)n1. The Balaban J connectivity index is 2.16. The Morgan fingerprint density at radius 3 is 2.89 bits per heavy atom. The van der Waals surface area contributed by atoms with E-state index in [0.717, 1.165) is 25.2 Å². The van der Waals surface area contributed by atoms with Crippen molar-refractivity contribution in [3.63, 3.8) is 0 Å². The summed E-state index contributed by atoms with van der Waals surface area (Å²) in [5.74, 6) is 0.380. The van der Waals surface area contributed by atoms with Crippen molar-refractivity contribution in [3.05, 3.63) is 17.1 Å². The summed E-state index contributed by atoms with van der Waals surface area (Å²) < 4.78 is 5.52. The van der Waals surface area contributed by atoms with Gasteiger partial charge in [0.15, 0.2) is 0 Å². The molecule has 0 saturated carbocycles. The van der Waals surface area contributed by atoms with Crippen molar-refractivity contribution < 1.29 is 14.6 Å². The number of aryl methyl sites for hydroxylation is 2. The van der Waals surface area contributed by atoms with E-state index in [9.17, 15) is 9.90 Å². The topological polar surface area (TPSA) is 72.3 Å². The molecule has 0 bridgehead atoms. The van der Waals surface area contributed by atoms with Crippen LogP contribution < -0.4 is 0 Å². The van der Waals surface area contributed by atoms with Crippen molar-refractivity contribution in [2.45, 2.75) is 37.8 Å². The van der Waals surface area contributed by atoms with Crippen LogP contribution in [0.3, 0.4) is 0 Å². The number of nitrogens with zero attached hydrogens (tertiary/aromatic N) is 2. The van der Waals surface area contributed by atoms with Crippen LogP contribution in [0.15, 0.2) is 5.03 Å². The summed E-state index contributed by atoms with van der Waals surface area (Å²) in [6.45, 7) is 4.28. The Labute approximate surface area is 110 Å². The van der Waals surface area contributed by atoms with Gasteiger partial charge in [0.05, 0.1) is 11.8 Å². The molecule has 2 heterocycles. The van der Waals surface area contributed by atoms with E-state index < -0.39 is 5.97 Å². The molecule has 98 valence electrons. The van der Waals surface area contributed by atoms with Crippen molar-refractivity contribution in [1.82, 2.24) is 9.97 Å². The highest BCUT2D eigenvalue weighted by atomic mass is 32.2. The summed E-state index contributed by atoms with van der Waals surface area (Å²) in [6.07, 6.45) is 2.34. The molecule has 0 radical (unpaired) electrons. The number of aromatic nitrogens is 2. The van der Waals surface area contributed by atoms with E-state index in [0.29, 0.717) is 16.5 Å². The Morgan fingerprint density at radius 2 is 2.28 bits per heavy atom. The van der Waals surface area contributed by atoms with Crippen LogP contribution in [-0.4, -0.2) is 39.5 Å². The average Bonchev–Trinajstić information content (AvgIpc) is 2.77. The first-order valence-corrected chi connectivity index (χ1v) is 6.89. The van der Waals surface area contributed by atoms with E-state index in [4.69, 9.17) is 4.74 Å². The van der Waals surface area contributed by atoms with Crippen molar-refractivity contribution >= 4 is 17.7 Å². The molecular formula is C12H16N2O3S. The minimum absolute atomic E-state index is 0.212. The van der Waals surface area contributed by atoms with E-state index in [1.54, 1.807) is 13.8 Å². The molecular weight excluding hydrogens is 252 g/mol. The minimum atomic E-state index is -0.970. The number of carbonyl (C=O) groups is 1. The second-order valence-electron chi connectivity index (χ2n) is 4.29. The van der Waals surface area contributed by atoms with Gasteiger partial charge in [-0.05, 0) is 26.7 Å². The molecule has 1 aromatic rings. The third kappa shape index (κ3) is 3.00. The van der Waals surface area contributed by atoms with Gasteiger partial charge in [0.1, 0.15) is 16.4 Å². The number of aromatic carboxylic acids is 1. The fourth-order valence-electron chi connectivity index (χ4n) is 1.98. The molecule has 1 aromatic heterocycles. The van der Waals surface area contributed by atoms with Crippen LogP contribution in [0.4, 0.5) is 0 Å². The fourth-order valence-corrected chi connectivity index (χ4v) is 3.16. The van der Waals surface area contributed by atoms with Crippen LogP contribution in [0.2, 0.25) is 0 Å². The normalized spacial score (nSPS) is 19.1. The molecule has 1 atom stereocenters. The standard InChI is InChI=1S/C12H16N2O3S/c1-7-10(12(15)16)11(14-8(2)13-7)18-6-9-4-3-5-17-9/h9H,3-6H2,1-2H3,(H,15,16). The highest BCUT2D eigenvalue weighted by Gasteiger charge is 2.21. The molecule has 5 nitrogen and oxygen atoms in total. The molecule has 1 saturated heterocycles. The van der Waals surface area contributed by atoms with Gasteiger partial charge in [0, 0.05) is 12.4 Å². The zero-order chi connectivity index (χ0) is 13.1. The van der Waals surface area contributed by atoms with E-state index in [-0.39, 0.29) is 11.7 Å². The van der Waals surface area contributed by atoms with Crippen LogP contribution in [0, 0.1) is 13.8 Å². The maximum absolute atomic E-state index is 11.2. The first kappa shape index (κ1) is 13.3. The maximum Gasteiger partial charge on any atom is 0.340 e. The van der Waals surface area contributed by atoms with Crippen molar-refractivity contribution in [3.8, 4) is 0 Å². The lowest BCUT2D eigenvalue weighted by atomic mass is 10.2. The average molecular weight is 268 g/mol. The van der Waals surface area contributed by atoms with Gasteiger partial charge in [0.25, 0.3) is 0 Å². The molecule has 6 heteroatoms. The molecule has 1 unspecified atom stereocenters. The van der Waals surface area contributed by atoms with Gasteiger partial charge < -0.3 is 9.84 Å². The molecule has 0 spiro atoms. The van der Waals surface area contributed by atoms with Crippen molar-refractivity contribution in [2.75, 3.05) is 12.4 Å². The van der Waals surface area contributed by atoms with Crippen LogP contribution >= 0.6 is 11.8 Å². The lowest BCUT2D eigenvalue weighted by Crippen LogP contribution is -2.12. The molecule has 0 amide bonds. The number of hydrogen-bond acceptors (Lipinski definition) is 5. The van der Waals surface area contributed by atoms with E-state index in [1.165, 1.54) is 11.8 Å². The summed E-state index contributed by atoms with van der Waals surface area (Å²) in [7, 11) is 0. The third-order valence-corrected chi connectivity index (χ3v) is 3.92. The minimum Gasteiger partial charge on any atom is -0.478 e. The van der Waals surface area contributed by atoms with Gasteiger partial charge in [-0.2, -0.15) is 0 Å². The van der Waals surface area contributed by atoms with Crippen LogP contribution in [0.5, 0.6) is 0 Å².